The Balaban J connectivity index is 3.11. The zero-order chi connectivity index (χ0) is 13.0. The van der Waals surface area contributed by atoms with E-state index >= 15 is 0 Å². The van der Waals surface area contributed by atoms with Crippen LogP contribution in [0.15, 0.2) is 0 Å². The minimum atomic E-state index is -2.25. The van der Waals surface area contributed by atoms with E-state index in [0.29, 0.717) is 0 Å². The molecule has 0 bridgehead atoms. The molecule has 0 amide bonds. The minimum absolute atomic E-state index is 0.750. The van der Waals surface area contributed by atoms with Gasteiger partial charge in [0.2, 0.25) is 0 Å². The number of hydrogen-bond acceptors (Lipinski definition) is 2. The van der Waals surface area contributed by atoms with E-state index in [1.807, 2.05) is 0 Å². The van der Waals surface area contributed by atoms with E-state index in [1.165, 1.54) is 57.8 Å². The van der Waals surface area contributed by atoms with Crippen molar-refractivity contribution in [3.05, 3.63) is 0 Å². The first-order valence-corrected chi connectivity index (χ1v) is 9.50. The summed E-state index contributed by atoms with van der Waals surface area (Å²) in [6, 6.07) is 0. The highest BCUT2D eigenvalue weighted by atomic mass is 31.2. The summed E-state index contributed by atoms with van der Waals surface area (Å²) in [6.07, 6.45) is 13.9. The summed E-state index contributed by atoms with van der Waals surface area (Å²) in [7, 11) is -0.695. The van der Waals surface area contributed by atoms with Crippen LogP contribution in [0.25, 0.3) is 0 Å². The molecule has 0 saturated heterocycles. The van der Waals surface area contributed by atoms with Gasteiger partial charge in [0.05, 0.1) is 0 Å². The monoisotopic (exact) mass is 262 g/mol. The van der Waals surface area contributed by atoms with E-state index in [9.17, 15) is 4.57 Å². The first-order chi connectivity index (χ1) is 8.12. The van der Waals surface area contributed by atoms with Crippen LogP contribution in [-0.4, -0.2) is 19.9 Å². The Bertz CT molecular complexity index is 204. The van der Waals surface area contributed by atoms with E-state index in [1.54, 1.807) is 13.8 Å². The van der Waals surface area contributed by atoms with E-state index in [4.69, 9.17) is 4.52 Å². The third kappa shape index (κ3) is 12.4. The molecular weight excluding hydrogens is 231 g/mol. The Hall–Kier alpha value is 0.190. The molecule has 0 heterocycles. The summed E-state index contributed by atoms with van der Waals surface area (Å²) in [5.74, 6) is 0. The molecule has 1 atom stereocenters. The second-order valence-corrected chi connectivity index (χ2v) is 7.94. The second-order valence-electron chi connectivity index (χ2n) is 5.10. The van der Waals surface area contributed by atoms with Crippen molar-refractivity contribution < 1.29 is 9.09 Å². The normalized spacial score (nSPS) is 14.8. The van der Waals surface area contributed by atoms with Crippen LogP contribution >= 0.6 is 7.37 Å². The van der Waals surface area contributed by atoms with Crippen molar-refractivity contribution in [2.24, 2.45) is 0 Å². The fourth-order valence-corrected chi connectivity index (χ4v) is 2.96. The van der Waals surface area contributed by atoms with Gasteiger partial charge in [-0.2, -0.15) is 0 Å². The van der Waals surface area contributed by atoms with Crippen LogP contribution < -0.4 is 0 Å². The molecule has 0 aliphatic carbocycles. The summed E-state index contributed by atoms with van der Waals surface area (Å²) < 4.78 is 16.6. The van der Waals surface area contributed by atoms with Crippen molar-refractivity contribution in [1.29, 1.82) is 0 Å². The van der Waals surface area contributed by atoms with Crippen molar-refractivity contribution >= 4 is 7.37 Å². The second kappa shape index (κ2) is 11.3. The maximum Gasteiger partial charge on any atom is 0.199 e. The number of unbranched alkanes of at least 4 members (excludes halogenated alkanes) is 9. The molecule has 0 radical (unpaired) electrons. The summed E-state index contributed by atoms with van der Waals surface area (Å²) in [5.41, 5.74) is 0. The van der Waals surface area contributed by atoms with E-state index in [2.05, 4.69) is 6.92 Å². The van der Waals surface area contributed by atoms with Crippen molar-refractivity contribution in [3.63, 3.8) is 0 Å². The van der Waals surface area contributed by atoms with Crippen molar-refractivity contribution in [3.8, 4) is 0 Å². The van der Waals surface area contributed by atoms with Gasteiger partial charge in [-0.3, -0.25) is 4.57 Å². The van der Waals surface area contributed by atoms with Crippen LogP contribution in [0.4, 0.5) is 0 Å². The summed E-state index contributed by atoms with van der Waals surface area (Å²) in [5, 5.41) is 0. The lowest BCUT2D eigenvalue weighted by atomic mass is 10.1. The van der Waals surface area contributed by atoms with Gasteiger partial charge in [-0.1, -0.05) is 64.7 Å². The summed E-state index contributed by atoms with van der Waals surface area (Å²) in [6.45, 7) is 3.99. The zero-order valence-electron chi connectivity index (χ0n) is 12.0. The van der Waals surface area contributed by atoms with Gasteiger partial charge < -0.3 is 4.52 Å². The highest BCUT2D eigenvalue weighted by molar-refractivity contribution is 7.58. The Morgan fingerprint density at radius 1 is 0.824 bits per heavy atom. The predicted octanol–water partition coefficient (Wildman–Crippen LogP) is 5.46. The highest BCUT2D eigenvalue weighted by Gasteiger charge is 2.11. The SMILES string of the molecule is CCCCCCCCCCCCP(C)(=O)OC. The lowest BCUT2D eigenvalue weighted by Gasteiger charge is -2.09. The Morgan fingerprint density at radius 3 is 1.65 bits per heavy atom. The van der Waals surface area contributed by atoms with Gasteiger partial charge in [-0.05, 0) is 6.42 Å². The Morgan fingerprint density at radius 2 is 1.24 bits per heavy atom. The molecule has 1 unspecified atom stereocenters. The van der Waals surface area contributed by atoms with Gasteiger partial charge in [-0.15, -0.1) is 0 Å². The lowest BCUT2D eigenvalue weighted by Crippen LogP contribution is -1.91. The van der Waals surface area contributed by atoms with Gasteiger partial charge in [-0.25, -0.2) is 0 Å². The topological polar surface area (TPSA) is 26.3 Å². The quantitative estimate of drug-likeness (QED) is 0.345. The first-order valence-electron chi connectivity index (χ1n) is 7.24. The number of rotatable bonds is 12. The first kappa shape index (κ1) is 17.2. The standard InChI is InChI=1S/C14H31O2P/c1-4-5-6-7-8-9-10-11-12-13-14-17(3,15)16-2/h4-14H2,1-3H3. The number of hydrogen-bond donors (Lipinski definition) is 0. The average Bonchev–Trinajstić information content (AvgIpc) is 2.31. The Labute approximate surface area is 108 Å². The average molecular weight is 262 g/mol. The molecular formula is C14H31O2P. The van der Waals surface area contributed by atoms with Gasteiger partial charge in [0.25, 0.3) is 0 Å². The van der Waals surface area contributed by atoms with E-state index in [-0.39, 0.29) is 0 Å². The third-order valence-electron chi connectivity index (χ3n) is 3.30. The van der Waals surface area contributed by atoms with Crippen molar-refractivity contribution in [2.75, 3.05) is 19.9 Å². The molecule has 104 valence electrons. The van der Waals surface area contributed by atoms with Crippen molar-refractivity contribution in [1.82, 2.24) is 0 Å². The van der Waals surface area contributed by atoms with Crippen LogP contribution in [0.2, 0.25) is 0 Å². The molecule has 0 fully saturated rings. The lowest BCUT2D eigenvalue weighted by molar-refractivity contribution is 0.396. The van der Waals surface area contributed by atoms with Crippen LogP contribution in [0.1, 0.15) is 71.1 Å². The fourth-order valence-electron chi connectivity index (χ4n) is 1.98. The maximum atomic E-state index is 11.6. The molecule has 0 aliphatic rings. The predicted molar refractivity (Wildman–Crippen MR) is 77.3 cm³/mol. The van der Waals surface area contributed by atoms with Crippen LogP contribution in [0.5, 0.6) is 0 Å². The molecule has 2 nitrogen and oxygen atoms in total. The summed E-state index contributed by atoms with van der Waals surface area (Å²) >= 11 is 0. The summed E-state index contributed by atoms with van der Waals surface area (Å²) in [4.78, 5) is 0. The molecule has 0 rings (SSSR count). The van der Waals surface area contributed by atoms with Crippen LogP contribution in [0.3, 0.4) is 0 Å². The fraction of sp³-hybridized carbons (Fsp3) is 1.00. The zero-order valence-corrected chi connectivity index (χ0v) is 12.9. The van der Waals surface area contributed by atoms with Gasteiger partial charge in [0.15, 0.2) is 7.37 Å². The molecule has 0 N–H and O–H groups in total. The maximum absolute atomic E-state index is 11.6. The van der Waals surface area contributed by atoms with E-state index < -0.39 is 7.37 Å². The van der Waals surface area contributed by atoms with E-state index in [0.717, 1.165) is 12.6 Å². The molecule has 0 spiro atoms. The van der Waals surface area contributed by atoms with Crippen LogP contribution in [-0.2, 0) is 9.09 Å². The minimum Gasteiger partial charge on any atom is -0.332 e. The van der Waals surface area contributed by atoms with Gasteiger partial charge in [0.1, 0.15) is 0 Å². The third-order valence-corrected chi connectivity index (χ3v) is 5.21. The van der Waals surface area contributed by atoms with Crippen molar-refractivity contribution in [2.45, 2.75) is 71.1 Å². The molecule has 0 aromatic heterocycles. The van der Waals surface area contributed by atoms with Crippen LogP contribution in [0, 0.1) is 0 Å². The molecule has 0 saturated carbocycles. The molecule has 0 aromatic carbocycles. The van der Waals surface area contributed by atoms with Gasteiger partial charge >= 0.3 is 0 Å². The molecule has 17 heavy (non-hydrogen) atoms. The smallest absolute Gasteiger partial charge is 0.199 e. The Kier molecular flexibility index (Phi) is 11.4. The molecule has 0 aromatic rings. The van der Waals surface area contributed by atoms with Gasteiger partial charge in [0, 0.05) is 19.9 Å². The largest absolute Gasteiger partial charge is 0.332 e. The highest BCUT2D eigenvalue weighted by Crippen LogP contribution is 2.42. The molecule has 0 aliphatic heterocycles. The molecule has 3 heteroatoms.